The number of nitrogens with zero attached hydrogens (tertiary/aromatic N) is 1. The molecule has 0 unspecified atom stereocenters. The molecule has 0 saturated heterocycles. The Labute approximate surface area is 110 Å². The van der Waals surface area contributed by atoms with Crippen molar-refractivity contribution < 1.29 is 9.52 Å². The van der Waals surface area contributed by atoms with E-state index >= 15 is 0 Å². The summed E-state index contributed by atoms with van der Waals surface area (Å²) in [5.74, 6) is 0.164. The smallest absolute Gasteiger partial charge is 0.347 e. The van der Waals surface area contributed by atoms with Gasteiger partial charge in [0.1, 0.15) is 10.6 Å². The number of halogens is 1. The number of fused-ring (bicyclic) bond motifs is 1. The molecule has 6 heteroatoms. The van der Waals surface area contributed by atoms with E-state index in [2.05, 4.69) is 4.98 Å². The predicted octanol–water partition coefficient (Wildman–Crippen LogP) is 3.28. The van der Waals surface area contributed by atoms with E-state index in [1.807, 2.05) is 0 Å². The summed E-state index contributed by atoms with van der Waals surface area (Å²) in [6.45, 7) is 0. The Morgan fingerprint density at radius 1 is 1.33 bits per heavy atom. The molecule has 0 saturated carbocycles. The fourth-order valence-corrected chi connectivity index (χ4v) is 2.49. The van der Waals surface area contributed by atoms with Crippen LogP contribution in [0.1, 0.15) is 0 Å². The number of thiophene rings is 1. The lowest BCUT2D eigenvalue weighted by atomic mass is 10.2. The molecule has 3 aromatic rings. The van der Waals surface area contributed by atoms with Gasteiger partial charge < -0.3 is 9.52 Å². The molecular formula is C12H6ClNO3S. The minimum absolute atomic E-state index is 0.0278. The number of phenolic OH excluding ortho intramolecular Hbond substituents is 1. The molecule has 0 fully saturated rings. The summed E-state index contributed by atoms with van der Waals surface area (Å²) in [6, 6.07) is 6.19. The number of benzene rings is 1. The van der Waals surface area contributed by atoms with E-state index in [1.165, 1.54) is 23.5 Å². The minimum atomic E-state index is -0.430. The van der Waals surface area contributed by atoms with Crippen LogP contribution in [0.2, 0.25) is 5.02 Å². The molecule has 2 aromatic heterocycles. The van der Waals surface area contributed by atoms with E-state index in [4.69, 9.17) is 16.0 Å². The van der Waals surface area contributed by atoms with Crippen molar-refractivity contribution >= 4 is 33.2 Å². The Bertz CT molecular complexity index is 793. The van der Waals surface area contributed by atoms with Crippen LogP contribution in [0.15, 0.2) is 38.9 Å². The van der Waals surface area contributed by atoms with Gasteiger partial charge in [0.25, 0.3) is 0 Å². The average Bonchev–Trinajstić information content (AvgIpc) is 2.81. The highest BCUT2D eigenvalue weighted by molar-refractivity contribution is 7.16. The second kappa shape index (κ2) is 4.12. The van der Waals surface area contributed by atoms with Gasteiger partial charge in [-0.1, -0.05) is 11.6 Å². The third kappa shape index (κ3) is 1.77. The third-order valence-corrected chi connectivity index (χ3v) is 3.56. The Hall–Kier alpha value is -1.85. The lowest BCUT2D eigenvalue weighted by Crippen LogP contribution is -2.00. The summed E-state index contributed by atoms with van der Waals surface area (Å²) in [7, 11) is 0. The fraction of sp³-hybridized carbons (Fsp3) is 0. The van der Waals surface area contributed by atoms with Crippen LogP contribution in [-0.4, -0.2) is 10.1 Å². The van der Waals surface area contributed by atoms with Gasteiger partial charge in [-0.3, -0.25) is 0 Å². The largest absolute Gasteiger partial charge is 0.506 e. The molecule has 1 aromatic carbocycles. The van der Waals surface area contributed by atoms with Gasteiger partial charge in [0.2, 0.25) is 5.89 Å². The monoisotopic (exact) mass is 279 g/mol. The summed E-state index contributed by atoms with van der Waals surface area (Å²) in [5, 5.41) is 11.8. The third-order valence-electron chi connectivity index (χ3n) is 2.45. The van der Waals surface area contributed by atoms with Gasteiger partial charge in [0, 0.05) is 5.56 Å². The molecule has 2 heterocycles. The SMILES string of the molecule is O=c1oc(-c2ccc(O)c(Cl)c2)nc2sccc12. The summed E-state index contributed by atoms with van der Waals surface area (Å²) in [6.07, 6.45) is 0. The van der Waals surface area contributed by atoms with E-state index in [0.717, 1.165) is 0 Å². The summed E-state index contributed by atoms with van der Waals surface area (Å²) in [5.41, 5.74) is 0.116. The molecule has 1 N–H and O–H groups in total. The molecule has 0 bridgehead atoms. The molecule has 0 spiro atoms. The van der Waals surface area contributed by atoms with Crippen molar-refractivity contribution in [2.75, 3.05) is 0 Å². The molecule has 90 valence electrons. The number of aromatic nitrogens is 1. The number of rotatable bonds is 1. The minimum Gasteiger partial charge on any atom is -0.506 e. The Morgan fingerprint density at radius 2 is 2.17 bits per heavy atom. The fourth-order valence-electron chi connectivity index (χ4n) is 1.56. The van der Waals surface area contributed by atoms with Crippen LogP contribution in [0.25, 0.3) is 21.7 Å². The van der Waals surface area contributed by atoms with Gasteiger partial charge in [-0.05, 0) is 29.6 Å². The van der Waals surface area contributed by atoms with Gasteiger partial charge in [-0.15, -0.1) is 11.3 Å². The summed E-state index contributed by atoms with van der Waals surface area (Å²) >= 11 is 7.17. The zero-order valence-corrected chi connectivity index (χ0v) is 10.5. The maximum absolute atomic E-state index is 11.7. The van der Waals surface area contributed by atoms with E-state index in [-0.39, 0.29) is 16.7 Å². The number of aromatic hydroxyl groups is 1. The van der Waals surface area contributed by atoms with Crippen molar-refractivity contribution in [3.8, 4) is 17.2 Å². The normalized spacial score (nSPS) is 10.9. The van der Waals surface area contributed by atoms with Crippen LogP contribution in [-0.2, 0) is 0 Å². The lowest BCUT2D eigenvalue weighted by molar-refractivity contribution is 0.475. The molecule has 18 heavy (non-hydrogen) atoms. The van der Waals surface area contributed by atoms with Gasteiger partial charge in [-0.2, -0.15) is 0 Å². The average molecular weight is 280 g/mol. The first-order valence-corrected chi connectivity index (χ1v) is 6.28. The highest BCUT2D eigenvalue weighted by Gasteiger charge is 2.10. The van der Waals surface area contributed by atoms with E-state index in [1.54, 1.807) is 17.5 Å². The van der Waals surface area contributed by atoms with Crippen molar-refractivity contribution in [3.05, 3.63) is 45.1 Å². The molecule has 0 radical (unpaired) electrons. The highest BCUT2D eigenvalue weighted by atomic mass is 35.5. The number of phenols is 1. The first-order valence-electron chi connectivity index (χ1n) is 5.02. The molecule has 3 rings (SSSR count). The number of hydrogen-bond acceptors (Lipinski definition) is 5. The van der Waals surface area contributed by atoms with Crippen molar-refractivity contribution in [1.29, 1.82) is 0 Å². The van der Waals surface area contributed by atoms with Crippen molar-refractivity contribution in [1.82, 2.24) is 4.98 Å². The zero-order valence-electron chi connectivity index (χ0n) is 8.88. The van der Waals surface area contributed by atoms with Crippen LogP contribution >= 0.6 is 22.9 Å². The van der Waals surface area contributed by atoms with Crippen LogP contribution < -0.4 is 5.63 Å². The molecule has 0 aliphatic heterocycles. The van der Waals surface area contributed by atoms with Gasteiger partial charge >= 0.3 is 5.63 Å². The molecule has 0 aliphatic rings. The quantitative estimate of drug-likeness (QED) is 0.742. The summed E-state index contributed by atoms with van der Waals surface area (Å²) in [4.78, 5) is 16.6. The van der Waals surface area contributed by atoms with E-state index < -0.39 is 5.63 Å². The maximum Gasteiger partial charge on any atom is 0.347 e. The summed E-state index contributed by atoms with van der Waals surface area (Å²) < 4.78 is 5.13. The van der Waals surface area contributed by atoms with Gasteiger partial charge in [0.05, 0.1) is 10.4 Å². The maximum atomic E-state index is 11.7. The Morgan fingerprint density at radius 3 is 2.94 bits per heavy atom. The second-order valence-corrected chi connectivity index (χ2v) is 4.91. The Balaban J connectivity index is 2.24. The topological polar surface area (TPSA) is 63.3 Å². The first-order chi connectivity index (χ1) is 8.65. The van der Waals surface area contributed by atoms with E-state index in [0.29, 0.717) is 15.8 Å². The van der Waals surface area contributed by atoms with Crippen LogP contribution in [0.4, 0.5) is 0 Å². The number of hydrogen-bond donors (Lipinski definition) is 1. The van der Waals surface area contributed by atoms with Gasteiger partial charge in [-0.25, -0.2) is 9.78 Å². The van der Waals surface area contributed by atoms with E-state index in [9.17, 15) is 9.90 Å². The first kappa shape index (κ1) is 11.3. The van der Waals surface area contributed by atoms with Crippen LogP contribution in [0.5, 0.6) is 5.75 Å². The Kier molecular flexibility index (Phi) is 2.57. The van der Waals surface area contributed by atoms with Crippen molar-refractivity contribution in [2.45, 2.75) is 0 Å². The standard InChI is InChI=1S/C12H6ClNO3S/c13-8-5-6(1-2-9(8)15)10-14-11-7(3-4-18-11)12(16)17-10/h1-5,15H. The predicted molar refractivity (Wildman–Crippen MR) is 70.3 cm³/mol. The molecular weight excluding hydrogens is 274 g/mol. The van der Waals surface area contributed by atoms with Crippen molar-refractivity contribution in [2.24, 2.45) is 0 Å². The molecule has 4 nitrogen and oxygen atoms in total. The highest BCUT2D eigenvalue weighted by Crippen LogP contribution is 2.29. The molecule has 0 aliphatic carbocycles. The molecule has 0 amide bonds. The molecule has 0 atom stereocenters. The second-order valence-electron chi connectivity index (χ2n) is 3.61. The van der Waals surface area contributed by atoms with Crippen LogP contribution in [0.3, 0.4) is 0 Å². The van der Waals surface area contributed by atoms with Gasteiger partial charge in [0.15, 0.2) is 0 Å². The van der Waals surface area contributed by atoms with Crippen LogP contribution in [0, 0.1) is 0 Å². The lowest BCUT2D eigenvalue weighted by Gasteiger charge is -2.01. The zero-order chi connectivity index (χ0) is 12.7. The van der Waals surface area contributed by atoms with Crippen molar-refractivity contribution in [3.63, 3.8) is 0 Å².